The molecule has 3 N–H and O–H groups in total. The molecular weight excluding hydrogens is 467 g/mol. The summed E-state index contributed by atoms with van der Waals surface area (Å²) in [5.41, 5.74) is 1.83. The van der Waals surface area contributed by atoms with Crippen LogP contribution in [0.15, 0.2) is 52.1 Å². The largest absolute Gasteiger partial charge is 0.459 e. The van der Waals surface area contributed by atoms with Gasteiger partial charge in [0.2, 0.25) is 0 Å². The van der Waals surface area contributed by atoms with Crippen LogP contribution in [0, 0.1) is 5.92 Å². The number of benzene rings is 1. The van der Waals surface area contributed by atoms with E-state index in [2.05, 4.69) is 41.7 Å². The summed E-state index contributed by atoms with van der Waals surface area (Å²) < 4.78 is 5.09. The van der Waals surface area contributed by atoms with Gasteiger partial charge in [-0.3, -0.25) is 9.79 Å². The molecule has 2 aromatic rings. The van der Waals surface area contributed by atoms with Crippen LogP contribution in [0.3, 0.4) is 0 Å². The van der Waals surface area contributed by atoms with Gasteiger partial charge in [-0.25, -0.2) is 0 Å². The van der Waals surface area contributed by atoms with E-state index in [4.69, 9.17) is 4.42 Å². The fraction of sp³-hybridized carbons (Fsp3) is 0.429. The van der Waals surface area contributed by atoms with Crippen molar-refractivity contribution in [2.45, 2.75) is 46.2 Å². The van der Waals surface area contributed by atoms with Crippen LogP contribution in [0.2, 0.25) is 0 Å². The van der Waals surface area contributed by atoms with E-state index < -0.39 is 0 Å². The first-order chi connectivity index (χ1) is 13.0. The molecule has 6 nitrogen and oxygen atoms in total. The molecule has 1 aromatic carbocycles. The fourth-order valence-corrected chi connectivity index (χ4v) is 2.58. The van der Waals surface area contributed by atoms with Crippen LogP contribution >= 0.6 is 24.0 Å². The molecule has 28 heavy (non-hydrogen) atoms. The van der Waals surface area contributed by atoms with Gasteiger partial charge < -0.3 is 20.4 Å². The third-order valence-electron chi connectivity index (χ3n) is 4.20. The van der Waals surface area contributed by atoms with E-state index >= 15 is 0 Å². The van der Waals surface area contributed by atoms with E-state index in [1.165, 1.54) is 12.7 Å². The van der Waals surface area contributed by atoms with E-state index in [1.54, 1.807) is 19.2 Å². The number of guanidine groups is 1. The lowest BCUT2D eigenvalue weighted by molar-refractivity contribution is 0.0996. The first kappa shape index (κ1) is 24.0. The highest BCUT2D eigenvalue weighted by molar-refractivity contribution is 14.0. The van der Waals surface area contributed by atoms with Crippen molar-refractivity contribution in [2.75, 3.05) is 12.4 Å². The van der Waals surface area contributed by atoms with Gasteiger partial charge in [-0.05, 0) is 55.5 Å². The number of rotatable bonds is 8. The minimum atomic E-state index is -0.258. The Morgan fingerprint density at radius 1 is 1.11 bits per heavy atom. The van der Waals surface area contributed by atoms with Gasteiger partial charge in [-0.2, -0.15) is 0 Å². The Labute approximate surface area is 184 Å². The Morgan fingerprint density at radius 3 is 2.39 bits per heavy atom. The number of hydrogen-bond donors (Lipinski definition) is 3. The summed E-state index contributed by atoms with van der Waals surface area (Å²) in [4.78, 5) is 16.3. The summed E-state index contributed by atoms with van der Waals surface area (Å²) >= 11 is 0. The molecule has 2 rings (SSSR count). The SMILES string of the molecule is CN=C(NCc1ccc(NC(=O)c2ccco2)cc1)NC(C)CCC(C)C.I. The molecule has 0 aliphatic heterocycles. The molecule has 1 aromatic heterocycles. The van der Waals surface area contributed by atoms with Crippen LogP contribution in [-0.4, -0.2) is 25.0 Å². The van der Waals surface area contributed by atoms with Crippen LogP contribution in [0.4, 0.5) is 5.69 Å². The number of furan rings is 1. The van der Waals surface area contributed by atoms with Gasteiger partial charge in [0.1, 0.15) is 0 Å². The molecule has 1 atom stereocenters. The molecule has 0 spiro atoms. The predicted molar refractivity (Wildman–Crippen MR) is 125 cm³/mol. The smallest absolute Gasteiger partial charge is 0.291 e. The number of carbonyl (C=O) groups excluding carboxylic acids is 1. The molecule has 7 heteroatoms. The maximum Gasteiger partial charge on any atom is 0.291 e. The fourth-order valence-electron chi connectivity index (χ4n) is 2.58. The van der Waals surface area contributed by atoms with E-state index in [0.29, 0.717) is 24.3 Å². The zero-order valence-electron chi connectivity index (χ0n) is 17.0. The maximum absolute atomic E-state index is 12.0. The Balaban J connectivity index is 0.00000392. The summed E-state index contributed by atoms with van der Waals surface area (Å²) in [5.74, 6) is 1.53. The standard InChI is InChI=1S/C21H30N4O2.HI/c1-15(2)7-8-16(3)24-21(22-4)23-14-17-9-11-18(12-10-17)25-20(26)19-6-5-13-27-19;/h5-6,9-13,15-16H,7-8,14H2,1-4H3,(H,25,26)(H2,22,23,24);1H. The second-order valence-corrected chi connectivity index (χ2v) is 7.07. The van der Waals surface area contributed by atoms with E-state index in [1.807, 2.05) is 24.3 Å². The first-order valence-corrected chi connectivity index (χ1v) is 9.39. The van der Waals surface area contributed by atoms with Crippen molar-refractivity contribution >= 4 is 41.5 Å². The van der Waals surface area contributed by atoms with Gasteiger partial charge in [0.15, 0.2) is 11.7 Å². The number of hydrogen-bond acceptors (Lipinski definition) is 3. The van der Waals surface area contributed by atoms with Gasteiger partial charge >= 0.3 is 0 Å². The van der Waals surface area contributed by atoms with Crippen molar-refractivity contribution in [2.24, 2.45) is 10.9 Å². The average Bonchev–Trinajstić information content (AvgIpc) is 3.19. The number of aliphatic imine (C=N–C) groups is 1. The van der Waals surface area contributed by atoms with E-state index in [0.717, 1.165) is 23.6 Å². The van der Waals surface area contributed by atoms with Crippen LogP contribution in [0.1, 0.15) is 49.7 Å². The van der Waals surface area contributed by atoms with Crippen molar-refractivity contribution in [3.05, 3.63) is 54.0 Å². The lowest BCUT2D eigenvalue weighted by Gasteiger charge is -2.18. The summed E-state index contributed by atoms with van der Waals surface area (Å²) in [7, 11) is 1.78. The Bertz CT molecular complexity index is 727. The van der Waals surface area contributed by atoms with Crippen molar-refractivity contribution in [3.63, 3.8) is 0 Å². The quantitative estimate of drug-likeness (QED) is 0.282. The normalized spacial score (nSPS) is 12.2. The van der Waals surface area contributed by atoms with Crippen molar-refractivity contribution in [1.82, 2.24) is 10.6 Å². The Morgan fingerprint density at radius 2 is 1.82 bits per heavy atom. The number of amides is 1. The number of nitrogens with one attached hydrogen (secondary N) is 3. The third-order valence-corrected chi connectivity index (χ3v) is 4.20. The first-order valence-electron chi connectivity index (χ1n) is 9.39. The van der Waals surface area contributed by atoms with Crippen LogP contribution in [0.25, 0.3) is 0 Å². The van der Waals surface area contributed by atoms with Gasteiger partial charge in [0.05, 0.1) is 6.26 Å². The topological polar surface area (TPSA) is 78.7 Å². The highest BCUT2D eigenvalue weighted by Crippen LogP contribution is 2.12. The Kier molecular flexibility index (Phi) is 10.7. The average molecular weight is 498 g/mol. The maximum atomic E-state index is 12.0. The molecule has 0 aliphatic rings. The molecule has 0 aliphatic carbocycles. The number of carbonyl (C=O) groups is 1. The summed E-state index contributed by atoms with van der Waals surface area (Å²) in [6.45, 7) is 7.30. The third kappa shape index (κ3) is 8.33. The lowest BCUT2D eigenvalue weighted by Crippen LogP contribution is -2.41. The molecule has 0 fully saturated rings. The lowest BCUT2D eigenvalue weighted by atomic mass is 10.0. The molecule has 1 heterocycles. The zero-order valence-corrected chi connectivity index (χ0v) is 19.3. The second kappa shape index (κ2) is 12.4. The van der Waals surface area contributed by atoms with Gasteiger partial charge in [-0.15, -0.1) is 24.0 Å². The molecule has 0 saturated heterocycles. The van der Waals surface area contributed by atoms with Crippen molar-refractivity contribution in [3.8, 4) is 0 Å². The predicted octanol–water partition coefficient (Wildman–Crippen LogP) is 4.64. The van der Waals surface area contributed by atoms with Gasteiger partial charge in [0, 0.05) is 25.3 Å². The number of halogens is 1. The van der Waals surface area contributed by atoms with Gasteiger partial charge in [-0.1, -0.05) is 26.0 Å². The Hall–Kier alpha value is -2.03. The molecule has 0 radical (unpaired) electrons. The summed E-state index contributed by atoms with van der Waals surface area (Å²) in [6, 6.07) is 11.4. The van der Waals surface area contributed by atoms with E-state index in [9.17, 15) is 4.79 Å². The monoisotopic (exact) mass is 498 g/mol. The second-order valence-electron chi connectivity index (χ2n) is 7.07. The summed E-state index contributed by atoms with van der Waals surface area (Å²) in [6.07, 6.45) is 3.78. The molecule has 154 valence electrons. The highest BCUT2D eigenvalue weighted by Gasteiger charge is 2.09. The summed E-state index contributed by atoms with van der Waals surface area (Å²) in [5, 5.41) is 9.55. The van der Waals surface area contributed by atoms with Crippen LogP contribution < -0.4 is 16.0 Å². The number of nitrogens with zero attached hydrogens (tertiary/aromatic N) is 1. The van der Waals surface area contributed by atoms with Gasteiger partial charge in [0.25, 0.3) is 5.91 Å². The molecule has 0 saturated carbocycles. The van der Waals surface area contributed by atoms with Crippen molar-refractivity contribution in [1.29, 1.82) is 0 Å². The minimum Gasteiger partial charge on any atom is -0.459 e. The molecular formula is C21H31IN4O2. The molecule has 0 bridgehead atoms. The van der Waals surface area contributed by atoms with Crippen LogP contribution in [-0.2, 0) is 6.54 Å². The molecule has 1 unspecified atom stereocenters. The minimum absolute atomic E-state index is 0. The highest BCUT2D eigenvalue weighted by atomic mass is 127. The number of anilines is 1. The molecule has 1 amide bonds. The van der Waals surface area contributed by atoms with Crippen LogP contribution in [0.5, 0.6) is 0 Å². The van der Waals surface area contributed by atoms with Crippen molar-refractivity contribution < 1.29 is 9.21 Å². The zero-order chi connectivity index (χ0) is 19.6. The van der Waals surface area contributed by atoms with E-state index in [-0.39, 0.29) is 29.9 Å².